The summed E-state index contributed by atoms with van der Waals surface area (Å²) in [7, 11) is 1.44. The minimum atomic E-state index is -2.00. The van der Waals surface area contributed by atoms with Crippen LogP contribution < -0.4 is 10.1 Å². The van der Waals surface area contributed by atoms with Crippen LogP contribution in [0.5, 0.6) is 5.75 Å². The number of nitrogens with one attached hydrogen (secondary N) is 1. The van der Waals surface area contributed by atoms with Crippen molar-refractivity contribution in [2.45, 2.75) is 37.1 Å². The fraction of sp³-hybridized carbons (Fsp3) is 0.381. The van der Waals surface area contributed by atoms with E-state index in [-0.39, 0.29) is 16.3 Å². The van der Waals surface area contributed by atoms with E-state index in [4.69, 9.17) is 21.1 Å². The van der Waals surface area contributed by atoms with E-state index in [2.05, 4.69) is 5.32 Å². The van der Waals surface area contributed by atoms with Crippen LogP contribution in [0.25, 0.3) is 11.1 Å². The van der Waals surface area contributed by atoms with Crippen LogP contribution in [0, 0.1) is 5.82 Å². The monoisotopic (exact) mass is 455 g/mol. The van der Waals surface area contributed by atoms with Crippen LogP contribution in [-0.2, 0) is 4.74 Å². The molecule has 0 aliphatic carbocycles. The first-order chi connectivity index (χ1) is 14.6. The lowest BCUT2D eigenvalue weighted by Crippen LogP contribution is -2.66. The van der Waals surface area contributed by atoms with Gasteiger partial charge in [-0.3, -0.25) is 4.79 Å². The normalized spacial score (nSPS) is 28.3. The number of ether oxygens (including phenoxy) is 2. The standard InChI is InChI=1S/C21H23ClFNO7/c1-21(29)18(27)17(26)16(9-25)31-20(21)30-15-4-3-10(8-14(15)22)11-5-12(19(28)24-2)7-13(23)6-11/h3-8,16-18,20,25-27,29H,9H2,1-2H3,(H,24,28). The van der Waals surface area contributed by atoms with Gasteiger partial charge in [0.25, 0.3) is 5.91 Å². The number of aliphatic hydroxyl groups is 4. The molecule has 2 aromatic rings. The van der Waals surface area contributed by atoms with Crippen LogP contribution in [0.3, 0.4) is 0 Å². The molecule has 0 radical (unpaired) electrons. The maximum Gasteiger partial charge on any atom is 0.251 e. The molecule has 5 atom stereocenters. The first kappa shape index (κ1) is 23.4. The van der Waals surface area contributed by atoms with Gasteiger partial charge in [0, 0.05) is 12.6 Å². The quantitative estimate of drug-likeness (QED) is 0.456. The van der Waals surface area contributed by atoms with Crippen LogP contribution in [0.2, 0.25) is 5.02 Å². The Morgan fingerprint density at radius 1 is 1.26 bits per heavy atom. The minimum Gasteiger partial charge on any atom is -0.460 e. The van der Waals surface area contributed by atoms with Crippen LogP contribution in [-0.4, -0.2) is 70.2 Å². The Hall–Kier alpha value is -2.27. The molecule has 2 aromatic carbocycles. The van der Waals surface area contributed by atoms with Crippen LogP contribution >= 0.6 is 11.6 Å². The summed E-state index contributed by atoms with van der Waals surface area (Å²) in [6, 6.07) is 8.36. The Kier molecular flexibility index (Phi) is 6.85. The van der Waals surface area contributed by atoms with Crippen molar-refractivity contribution < 1.29 is 39.1 Å². The smallest absolute Gasteiger partial charge is 0.251 e. The van der Waals surface area contributed by atoms with Gasteiger partial charge in [-0.25, -0.2) is 4.39 Å². The van der Waals surface area contributed by atoms with Gasteiger partial charge >= 0.3 is 0 Å². The Bertz CT molecular complexity index is 971. The van der Waals surface area contributed by atoms with Crippen molar-refractivity contribution in [2.75, 3.05) is 13.7 Å². The average Bonchev–Trinajstić information content (AvgIpc) is 2.74. The van der Waals surface area contributed by atoms with Crippen molar-refractivity contribution in [2.24, 2.45) is 0 Å². The number of carbonyl (C=O) groups excluding carboxylic acids is 1. The molecule has 31 heavy (non-hydrogen) atoms. The molecule has 168 valence electrons. The zero-order chi connectivity index (χ0) is 22.9. The molecule has 1 saturated heterocycles. The Labute approximate surface area is 182 Å². The van der Waals surface area contributed by atoms with E-state index in [0.29, 0.717) is 11.1 Å². The number of amides is 1. The summed E-state index contributed by atoms with van der Waals surface area (Å²) in [5.74, 6) is -0.955. The van der Waals surface area contributed by atoms with Crippen molar-refractivity contribution in [3.8, 4) is 16.9 Å². The summed E-state index contributed by atoms with van der Waals surface area (Å²) in [5.41, 5.74) is -0.949. The molecule has 0 spiro atoms. The Morgan fingerprint density at radius 3 is 2.58 bits per heavy atom. The zero-order valence-corrected chi connectivity index (χ0v) is 17.5. The topological polar surface area (TPSA) is 128 Å². The molecule has 1 fully saturated rings. The van der Waals surface area contributed by atoms with Gasteiger partial charge in [-0.05, 0) is 48.4 Å². The highest BCUT2D eigenvalue weighted by molar-refractivity contribution is 6.32. The van der Waals surface area contributed by atoms with Crippen molar-refractivity contribution in [1.29, 1.82) is 0 Å². The molecule has 5 N–H and O–H groups in total. The number of carbonyl (C=O) groups is 1. The van der Waals surface area contributed by atoms with Crippen molar-refractivity contribution in [3.05, 3.63) is 52.8 Å². The highest BCUT2D eigenvalue weighted by atomic mass is 35.5. The molecule has 1 amide bonds. The van der Waals surface area contributed by atoms with Crippen LogP contribution in [0.4, 0.5) is 4.39 Å². The van der Waals surface area contributed by atoms with E-state index in [1.165, 1.54) is 38.2 Å². The fourth-order valence-electron chi connectivity index (χ4n) is 3.29. The summed E-state index contributed by atoms with van der Waals surface area (Å²) in [6.45, 7) is 0.614. The highest BCUT2D eigenvalue weighted by Crippen LogP contribution is 2.36. The molecule has 1 aliphatic heterocycles. The van der Waals surface area contributed by atoms with Gasteiger partial charge in [-0.15, -0.1) is 0 Å². The molecule has 10 heteroatoms. The third kappa shape index (κ3) is 4.67. The maximum absolute atomic E-state index is 14.0. The van der Waals surface area contributed by atoms with Gasteiger partial charge in [0.15, 0.2) is 5.60 Å². The minimum absolute atomic E-state index is 0.0823. The molecule has 8 nitrogen and oxygen atoms in total. The predicted molar refractivity (Wildman–Crippen MR) is 109 cm³/mol. The zero-order valence-electron chi connectivity index (χ0n) is 16.8. The van der Waals surface area contributed by atoms with Gasteiger partial charge in [0.2, 0.25) is 6.29 Å². The molecular formula is C21H23ClFNO7. The third-order valence-electron chi connectivity index (χ3n) is 5.14. The first-order valence-electron chi connectivity index (χ1n) is 9.42. The largest absolute Gasteiger partial charge is 0.460 e. The lowest BCUT2D eigenvalue weighted by molar-refractivity contribution is -0.314. The van der Waals surface area contributed by atoms with E-state index in [9.17, 15) is 29.6 Å². The van der Waals surface area contributed by atoms with Crippen LogP contribution in [0.15, 0.2) is 36.4 Å². The van der Waals surface area contributed by atoms with Gasteiger partial charge in [0.1, 0.15) is 29.9 Å². The molecule has 1 heterocycles. The highest BCUT2D eigenvalue weighted by Gasteiger charge is 2.53. The number of hydrogen-bond donors (Lipinski definition) is 5. The second-order valence-electron chi connectivity index (χ2n) is 7.42. The van der Waals surface area contributed by atoms with Crippen LogP contribution in [0.1, 0.15) is 17.3 Å². The second-order valence-corrected chi connectivity index (χ2v) is 7.83. The second kappa shape index (κ2) is 9.07. The van der Waals surface area contributed by atoms with E-state index in [1.54, 1.807) is 6.07 Å². The molecular weight excluding hydrogens is 433 g/mol. The summed E-state index contributed by atoms with van der Waals surface area (Å²) < 4.78 is 25.0. The summed E-state index contributed by atoms with van der Waals surface area (Å²) in [5, 5.41) is 42.5. The number of aliphatic hydroxyl groups excluding tert-OH is 3. The van der Waals surface area contributed by atoms with Crippen molar-refractivity contribution in [1.82, 2.24) is 5.32 Å². The summed E-state index contributed by atoms with van der Waals surface area (Å²) >= 11 is 6.30. The number of rotatable bonds is 5. The first-order valence-corrected chi connectivity index (χ1v) is 9.80. The summed E-state index contributed by atoms with van der Waals surface area (Å²) in [6.07, 6.45) is -5.77. The van der Waals surface area contributed by atoms with Gasteiger partial charge in [0.05, 0.1) is 11.6 Å². The van der Waals surface area contributed by atoms with Crippen molar-refractivity contribution >= 4 is 17.5 Å². The number of hydrogen-bond acceptors (Lipinski definition) is 7. The fourth-order valence-corrected chi connectivity index (χ4v) is 3.51. The molecule has 1 aliphatic rings. The predicted octanol–water partition coefficient (Wildman–Crippen LogP) is 1.07. The van der Waals surface area contributed by atoms with E-state index in [0.717, 1.165) is 6.07 Å². The third-order valence-corrected chi connectivity index (χ3v) is 5.44. The lowest BCUT2D eigenvalue weighted by atomic mass is 9.88. The number of halogens is 2. The Morgan fingerprint density at radius 2 is 1.97 bits per heavy atom. The molecule has 0 saturated carbocycles. The Balaban J connectivity index is 1.88. The van der Waals surface area contributed by atoms with Gasteiger partial charge < -0.3 is 35.2 Å². The van der Waals surface area contributed by atoms with E-state index >= 15 is 0 Å². The average molecular weight is 456 g/mol. The maximum atomic E-state index is 14.0. The molecule has 0 aromatic heterocycles. The molecule has 3 rings (SSSR count). The number of benzene rings is 2. The SMILES string of the molecule is CNC(=O)c1cc(F)cc(-c2ccc(OC3OC(CO)C(O)C(O)C3(C)O)c(Cl)c2)c1. The van der Waals surface area contributed by atoms with Crippen molar-refractivity contribution in [3.63, 3.8) is 0 Å². The molecule has 5 unspecified atom stereocenters. The van der Waals surface area contributed by atoms with E-state index < -0.39 is 48.5 Å². The van der Waals surface area contributed by atoms with Gasteiger partial charge in [-0.2, -0.15) is 0 Å². The van der Waals surface area contributed by atoms with E-state index in [1.807, 2.05) is 0 Å². The van der Waals surface area contributed by atoms with Gasteiger partial charge in [-0.1, -0.05) is 17.7 Å². The summed E-state index contributed by atoms with van der Waals surface area (Å²) in [4.78, 5) is 11.8. The lowest BCUT2D eigenvalue weighted by Gasteiger charge is -2.45. The molecule has 0 bridgehead atoms.